The van der Waals surface area contributed by atoms with E-state index in [2.05, 4.69) is 21.9 Å². The zero-order chi connectivity index (χ0) is 11.2. The van der Waals surface area contributed by atoms with E-state index >= 15 is 0 Å². The third kappa shape index (κ3) is 2.47. The van der Waals surface area contributed by atoms with Crippen LogP contribution in [0.3, 0.4) is 0 Å². The smallest absolute Gasteiger partial charge is 0.137 e. The predicted octanol–water partition coefficient (Wildman–Crippen LogP) is 0.637. The number of rotatable bonds is 2. The third-order valence-corrected chi connectivity index (χ3v) is 2.14. The van der Waals surface area contributed by atoms with Crippen LogP contribution in [0.15, 0.2) is 36.9 Å². The fourth-order valence-corrected chi connectivity index (χ4v) is 1.42. The molecule has 0 aliphatic heterocycles. The zero-order valence-corrected chi connectivity index (χ0v) is 8.80. The van der Waals surface area contributed by atoms with Crippen molar-refractivity contribution >= 4 is 0 Å². The Hall–Kier alpha value is -2.12. The van der Waals surface area contributed by atoms with Crippen LogP contribution < -0.4 is 5.73 Å². The topological polar surface area (TPSA) is 56.7 Å². The first-order chi connectivity index (χ1) is 7.90. The van der Waals surface area contributed by atoms with E-state index in [9.17, 15) is 0 Å². The highest BCUT2D eigenvalue weighted by molar-refractivity contribution is 5.41. The van der Waals surface area contributed by atoms with E-state index in [4.69, 9.17) is 5.73 Å². The van der Waals surface area contributed by atoms with Crippen LogP contribution in [0.4, 0.5) is 0 Å². The van der Waals surface area contributed by atoms with Gasteiger partial charge < -0.3 is 5.73 Å². The van der Waals surface area contributed by atoms with Gasteiger partial charge in [-0.1, -0.05) is 30.0 Å². The predicted molar refractivity (Wildman–Crippen MR) is 61.5 cm³/mol. The second-order valence-electron chi connectivity index (χ2n) is 3.26. The number of hydrogen-bond acceptors (Lipinski definition) is 3. The van der Waals surface area contributed by atoms with E-state index in [0.717, 1.165) is 11.1 Å². The average molecular weight is 212 g/mol. The van der Waals surface area contributed by atoms with Gasteiger partial charge in [-0.2, -0.15) is 5.10 Å². The first-order valence-corrected chi connectivity index (χ1v) is 4.99. The van der Waals surface area contributed by atoms with Crippen LogP contribution in [0, 0.1) is 11.8 Å². The van der Waals surface area contributed by atoms with Crippen molar-refractivity contribution in [2.75, 3.05) is 6.54 Å². The molecule has 16 heavy (non-hydrogen) atoms. The Labute approximate surface area is 94.1 Å². The molecule has 80 valence electrons. The molecule has 2 rings (SSSR count). The van der Waals surface area contributed by atoms with Gasteiger partial charge in [0.2, 0.25) is 0 Å². The summed E-state index contributed by atoms with van der Waals surface area (Å²) >= 11 is 0. The maximum atomic E-state index is 5.36. The molecule has 0 radical (unpaired) electrons. The van der Waals surface area contributed by atoms with Crippen LogP contribution in [-0.2, 0) is 6.54 Å². The third-order valence-electron chi connectivity index (χ3n) is 2.14. The molecule has 0 saturated heterocycles. The normalized spacial score (nSPS) is 9.56. The molecule has 0 aliphatic rings. The van der Waals surface area contributed by atoms with Gasteiger partial charge in [0.1, 0.15) is 12.7 Å². The van der Waals surface area contributed by atoms with Gasteiger partial charge in [-0.05, 0) is 11.6 Å². The van der Waals surface area contributed by atoms with Crippen LogP contribution >= 0.6 is 0 Å². The lowest BCUT2D eigenvalue weighted by Gasteiger charge is -2.03. The molecule has 0 saturated carbocycles. The van der Waals surface area contributed by atoms with E-state index in [0.29, 0.717) is 13.1 Å². The highest BCUT2D eigenvalue weighted by atomic mass is 15.3. The van der Waals surface area contributed by atoms with Gasteiger partial charge in [-0.25, -0.2) is 9.67 Å². The lowest BCUT2D eigenvalue weighted by atomic mass is 10.1. The summed E-state index contributed by atoms with van der Waals surface area (Å²) in [5, 5.41) is 4.07. The fourth-order valence-electron chi connectivity index (χ4n) is 1.42. The van der Waals surface area contributed by atoms with Crippen LogP contribution in [0.1, 0.15) is 11.1 Å². The van der Waals surface area contributed by atoms with Gasteiger partial charge in [-0.3, -0.25) is 0 Å². The van der Waals surface area contributed by atoms with Crippen molar-refractivity contribution in [3.8, 4) is 11.8 Å². The molecule has 1 aromatic carbocycles. The maximum absolute atomic E-state index is 5.36. The summed E-state index contributed by atoms with van der Waals surface area (Å²) in [6.45, 7) is 1.05. The summed E-state index contributed by atoms with van der Waals surface area (Å²) in [6.07, 6.45) is 3.21. The Morgan fingerprint density at radius 2 is 2.19 bits per heavy atom. The number of aromatic nitrogens is 3. The van der Waals surface area contributed by atoms with Crippen molar-refractivity contribution < 1.29 is 0 Å². The highest BCUT2D eigenvalue weighted by Gasteiger charge is 2.00. The largest absolute Gasteiger partial charge is 0.320 e. The average Bonchev–Trinajstić information content (AvgIpc) is 2.81. The van der Waals surface area contributed by atoms with Gasteiger partial charge in [0, 0.05) is 5.56 Å². The van der Waals surface area contributed by atoms with Crippen molar-refractivity contribution in [3.05, 3.63) is 48.0 Å². The molecule has 0 aliphatic carbocycles. The summed E-state index contributed by atoms with van der Waals surface area (Å²) in [5.41, 5.74) is 7.47. The summed E-state index contributed by atoms with van der Waals surface area (Å²) in [6, 6.07) is 7.96. The van der Waals surface area contributed by atoms with Crippen molar-refractivity contribution in [1.29, 1.82) is 0 Å². The standard InChI is InChI=1S/C12H12N4/c13-7-3-6-11-4-1-2-5-12(11)8-16-10-14-9-15-16/h1-2,4-5,9-10H,7-8,13H2. The van der Waals surface area contributed by atoms with Gasteiger partial charge in [0.15, 0.2) is 0 Å². The SMILES string of the molecule is NCC#Cc1ccccc1Cn1cncn1. The van der Waals surface area contributed by atoms with Crippen LogP contribution in [0.2, 0.25) is 0 Å². The first-order valence-electron chi connectivity index (χ1n) is 4.99. The molecule has 0 bridgehead atoms. The molecule has 0 amide bonds. The Balaban J connectivity index is 2.26. The van der Waals surface area contributed by atoms with Gasteiger partial charge in [0.05, 0.1) is 13.1 Å². The minimum Gasteiger partial charge on any atom is -0.320 e. The molecular formula is C12H12N4. The number of hydrogen-bond donors (Lipinski definition) is 1. The van der Waals surface area contributed by atoms with Crippen LogP contribution in [0.25, 0.3) is 0 Å². The van der Waals surface area contributed by atoms with Crippen LogP contribution in [-0.4, -0.2) is 21.3 Å². The lowest BCUT2D eigenvalue weighted by Crippen LogP contribution is -2.02. The van der Waals surface area contributed by atoms with E-state index in [1.165, 1.54) is 6.33 Å². The second-order valence-corrected chi connectivity index (χ2v) is 3.26. The monoisotopic (exact) mass is 212 g/mol. The minimum atomic E-state index is 0.373. The summed E-state index contributed by atoms with van der Waals surface area (Å²) in [4.78, 5) is 3.91. The van der Waals surface area contributed by atoms with E-state index < -0.39 is 0 Å². The van der Waals surface area contributed by atoms with Gasteiger partial charge in [-0.15, -0.1) is 0 Å². The quantitative estimate of drug-likeness (QED) is 0.743. The Morgan fingerprint density at radius 1 is 1.31 bits per heavy atom. The minimum absolute atomic E-state index is 0.373. The first kappa shape index (κ1) is 10.4. The van der Waals surface area contributed by atoms with Gasteiger partial charge in [0.25, 0.3) is 0 Å². The molecule has 0 atom stereocenters. The Morgan fingerprint density at radius 3 is 2.94 bits per heavy atom. The van der Waals surface area contributed by atoms with Crippen molar-refractivity contribution in [1.82, 2.24) is 14.8 Å². The summed E-state index contributed by atoms with van der Waals surface area (Å²) in [5.74, 6) is 5.91. The van der Waals surface area contributed by atoms with Crippen molar-refractivity contribution in [2.45, 2.75) is 6.54 Å². The molecule has 1 heterocycles. The number of nitrogens with zero attached hydrogens (tertiary/aromatic N) is 3. The highest BCUT2D eigenvalue weighted by Crippen LogP contribution is 2.08. The fraction of sp³-hybridized carbons (Fsp3) is 0.167. The molecule has 2 aromatic rings. The molecular weight excluding hydrogens is 200 g/mol. The molecule has 4 nitrogen and oxygen atoms in total. The van der Waals surface area contributed by atoms with Crippen molar-refractivity contribution in [3.63, 3.8) is 0 Å². The van der Waals surface area contributed by atoms with E-state index in [1.54, 1.807) is 11.0 Å². The number of benzene rings is 1. The van der Waals surface area contributed by atoms with E-state index in [1.807, 2.05) is 24.3 Å². The zero-order valence-electron chi connectivity index (χ0n) is 8.80. The molecule has 1 aromatic heterocycles. The maximum Gasteiger partial charge on any atom is 0.137 e. The molecule has 4 heteroatoms. The van der Waals surface area contributed by atoms with Crippen LogP contribution in [0.5, 0.6) is 0 Å². The molecule has 2 N–H and O–H groups in total. The molecule has 0 unspecified atom stereocenters. The number of nitrogens with two attached hydrogens (primary N) is 1. The Kier molecular flexibility index (Phi) is 3.31. The second kappa shape index (κ2) is 5.10. The summed E-state index contributed by atoms with van der Waals surface area (Å²) < 4.78 is 1.77. The molecule has 0 fully saturated rings. The van der Waals surface area contributed by atoms with Crippen molar-refractivity contribution in [2.24, 2.45) is 5.73 Å². The van der Waals surface area contributed by atoms with Gasteiger partial charge >= 0.3 is 0 Å². The Bertz CT molecular complexity index is 505. The lowest BCUT2D eigenvalue weighted by molar-refractivity contribution is 0.684. The molecule has 0 spiro atoms. The van der Waals surface area contributed by atoms with E-state index in [-0.39, 0.29) is 0 Å². The summed E-state index contributed by atoms with van der Waals surface area (Å²) in [7, 11) is 0.